The lowest BCUT2D eigenvalue weighted by Gasteiger charge is -2.38. The first-order chi connectivity index (χ1) is 15.3. The lowest BCUT2D eigenvalue weighted by Crippen LogP contribution is -2.47. The van der Waals surface area contributed by atoms with E-state index in [0.29, 0.717) is 50.5 Å². The first kappa shape index (κ1) is 27.8. The molecule has 2 aliphatic rings. The van der Waals surface area contributed by atoms with Crippen molar-refractivity contribution >= 4 is 11.9 Å². The van der Waals surface area contributed by atoms with Crippen LogP contribution in [0.2, 0.25) is 0 Å². The van der Waals surface area contributed by atoms with Crippen molar-refractivity contribution in [2.24, 2.45) is 5.92 Å². The van der Waals surface area contributed by atoms with Gasteiger partial charge in [-0.3, -0.25) is 4.79 Å². The van der Waals surface area contributed by atoms with E-state index < -0.39 is 47.1 Å². The van der Waals surface area contributed by atoms with E-state index in [4.69, 9.17) is 18.9 Å². The van der Waals surface area contributed by atoms with Crippen molar-refractivity contribution in [3.63, 3.8) is 0 Å². The van der Waals surface area contributed by atoms with Gasteiger partial charge in [0.15, 0.2) is 0 Å². The van der Waals surface area contributed by atoms with Gasteiger partial charge in [0.2, 0.25) is 0 Å². The van der Waals surface area contributed by atoms with Gasteiger partial charge in [-0.2, -0.15) is 0 Å². The predicted molar refractivity (Wildman–Crippen MR) is 122 cm³/mol. The number of carbonyl (C=O) groups is 2. The summed E-state index contributed by atoms with van der Waals surface area (Å²) >= 11 is 0. The maximum absolute atomic E-state index is 12.4. The minimum atomic E-state index is -1.26. The quantitative estimate of drug-likeness (QED) is 0.466. The fraction of sp³-hybridized carbons (Fsp3) is 0.840. The molecule has 0 saturated carbocycles. The van der Waals surface area contributed by atoms with Crippen LogP contribution in [-0.2, 0) is 28.5 Å². The zero-order valence-electron chi connectivity index (χ0n) is 21.0. The molecule has 8 nitrogen and oxygen atoms in total. The van der Waals surface area contributed by atoms with Gasteiger partial charge in [0, 0.05) is 19.6 Å². The third-order valence-corrected chi connectivity index (χ3v) is 7.42. The van der Waals surface area contributed by atoms with Crippen LogP contribution in [0.15, 0.2) is 12.2 Å². The Hall–Kier alpha value is -1.48. The lowest BCUT2D eigenvalue weighted by atomic mass is 9.78. The number of rotatable bonds is 5. The molecule has 0 unspecified atom stereocenters. The van der Waals surface area contributed by atoms with E-state index in [1.165, 1.54) is 14.0 Å². The van der Waals surface area contributed by atoms with Crippen LogP contribution >= 0.6 is 0 Å². The first-order valence-electron chi connectivity index (χ1n) is 11.9. The molecule has 190 valence electrons. The highest BCUT2D eigenvalue weighted by molar-refractivity contribution is 5.88. The molecule has 0 aromatic heterocycles. The molecule has 2 rings (SSSR count). The second-order valence-electron chi connectivity index (χ2n) is 10.3. The molecule has 33 heavy (non-hydrogen) atoms. The van der Waals surface area contributed by atoms with Crippen molar-refractivity contribution in [1.29, 1.82) is 0 Å². The molecule has 2 saturated heterocycles. The first-order valence-corrected chi connectivity index (χ1v) is 11.9. The zero-order chi connectivity index (χ0) is 25.0. The number of fused-ring (bicyclic) bond motifs is 2. The molecule has 0 aromatic rings. The monoisotopic (exact) mass is 470 g/mol. The Morgan fingerprint density at radius 1 is 1.03 bits per heavy atom. The molecule has 0 aromatic carbocycles. The Kier molecular flexibility index (Phi) is 9.12. The average molecular weight is 471 g/mol. The molecular weight excluding hydrogens is 428 g/mol. The molecular formula is C25H42O8. The van der Waals surface area contributed by atoms with E-state index in [1.807, 2.05) is 6.92 Å². The zero-order valence-corrected chi connectivity index (χ0v) is 21.0. The molecule has 2 bridgehead atoms. The number of ether oxygens (including phenoxy) is 4. The number of aliphatic hydroxyl groups is 2. The molecule has 2 heterocycles. The molecule has 2 N–H and O–H groups in total. The summed E-state index contributed by atoms with van der Waals surface area (Å²) < 4.78 is 22.8. The average Bonchev–Trinajstić information content (AvgIpc) is 3.14. The van der Waals surface area contributed by atoms with E-state index in [-0.39, 0.29) is 12.5 Å². The fourth-order valence-corrected chi connectivity index (χ4v) is 5.12. The lowest BCUT2D eigenvalue weighted by molar-refractivity contribution is -0.186. The highest BCUT2D eigenvalue weighted by Crippen LogP contribution is 2.43. The SMILES string of the molecule is C=C(C(=O)OCC)[C@@H]1CC[C@@](C)(O)[C@H]2CC[C@](C)(O2)[C@@H](OC(C)=O)CC[C@](C)(O)[C@@H](OC)C1. The topological polar surface area (TPSA) is 112 Å². The van der Waals surface area contributed by atoms with Gasteiger partial charge in [-0.05, 0) is 78.6 Å². The fourth-order valence-electron chi connectivity index (χ4n) is 5.12. The molecule has 2 fully saturated rings. The summed E-state index contributed by atoms with van der Waals surface area (Å²) in [6.45, 7) is 12.6. The van der Waals surface area contributed by atoms with Gasteiger partial charge >= 0.3 is 11.9 Å². The predicted octanol–water partition coefficient (Wildman–Crippen LogP) is 3.07. The van der Waals surface area contributed by atoms with Gasteiger partial charge in [0.1, 0.15) is 11.7 Å². The highest BCUT2D eigenvalue weighted by Gasteiger charge is 2.50. The highest BCUT2D eigenvalue weighted by atomic mass is 16.6. The van der Waals surface area contributed by atoms with Crippen molar-refractivity contribution in [2.75, 3.05) is 13.7 Å². The van der Waals surface area contributed by atoms with E-state index in [9.17, 15) is 19.8 Å². The van der Waals surface area contributed by atoms with Crippen molar-refractivity contribution in [2.45, 2.75) is 115 Å². The summed E-state index contributed by atoms with van der Waals surface area (Å²) in [6, 6.07) is 0. The van der Waals surface area contributed by atoms with Gasteiger partial charge in [-0.25, -0.2) is 4.79 Å². The molecule has 2 aliphatic heterocycles. The van der Waals surface area contributed by atoms with Crippen LogP contribution in [0.1, 0.15) is 79.6 Å². The number of esters is 2. The Morgan fingerprint density at radius 2 is 1.67 bits per heavy atom. The maximum Gasteiger partial charge on any atom is 0.333 e. The van der Waals surface area contributed by atoms with Gasteiger partial charge in [-0.15, -0.1) is 0 Å². The van der Waals surface area contributed by atoms with Crippen molar-refractivity contribution in [1.82, 2.24) is 0 Å². The number of hydrogen-bond donors (Lipinski definition) is 2. The summed E-state index contributed by atoms with van der Waals surface area (Å²) in [5.74, 6) is -1.26. The van der Waals surface area contributed by atoms with E-state index >= 15 is 0 Å². The molecule has 0 radical (unpaired) electrons. The Morgan fingerprint density at radius 3 is 2.24 bits per heavy atom. The minimum Gasteiger partial charge on any atom is -0.463 e. The van der Waals surface area contributed by atoms with Gasteiger partial charge in [-0.1, -0.05) is 6.58 Å². The Bertz CT molecular complexity index is 715. The summed E-state index contributed by atoms with van der Waals surface area (Å²) in [5.41, 5.74) is -2.90. The standard InChI is InChI=1S/C25H42O8/c1-8-31-22(27)16(2)18-9-12-23(4,28)19-11-14-25(6,33-19)20(32-17(3)26)10-13-24(5,29)21(15-18)30-7/h18-21,28-29H,2,8-15H2,1,3-7H3/t18-,19-,20+,21+,23-,24+,25+/m1/s1. The summed E-state index contributed by atoms with van der Waals surface area (Å²) in [5, 5.41) is 22.6. The largest absolute Gasteiger partial charge is 0.463 e. The van der Waals surface area contributed by atoms with E-state index in [0.717, 1.165) is 0 Å². The molecule has 0 spiro atoms. The van der Waals surface area contributed by atoms with Gasteiger partial charge in [0.05, 0.1) is 30.0 Å². The van der Waals surface area contributed by atoms with Crippen molar-refractivity contribution in [3.8, 4) is 0 Å². The summed E-state index contributed by atoms with van der Waals surface area (Å²) in [6.07, 6.45) is 1.38. The van der Waals surface area contributed by atoms with Crippen LogP contribution in [0.3, 0.4) is 0 Å². The third-order valence-electron chi connectivity index (χ3n) is 7.42. The van der Waals surface area contributed by atoms with E-state index in [1.54, 1.807) is 20.8 Å². The van der Waals surface area contributed by atoms with Gasteiger partial charge < -0.3 is 29.2 Å². The molecule has 0 amide bonds. The maximum atomic E-state index is 12.4. The van der Waals surface area contributed by atoms with Crippen molar-refractivity contribution in [3.05, 3.63) is 12.2 Å². The van der Waals surface area contributed by atoms with Crippen LogP contribution in [0, 0.1) is 5.92 Å². The Labute approximate surface area is 197 Å². The summed E-state index contributed by atoms with van der Waals surface area (Å²) in [7, 11) is 1.52. The van der Waals surface area contributed by atoms with Crippen LogP contribution < -0.4 is 0 Å². The molecule has 7 atom stereocenters. The van der Waals surface area contributed by atoms with Crippen LogP contribution in [0.5, 0.6) is 0 Å². The molecule has 8 heteroatoms. The minimum absolute atomic E-state index is 0.236. The second kappa shape index (κ2) is 10.8. The second-order valence-corrected chi connectivity index (χ2v) is 10.3. The van der Waals surface area contributed by atoms with Gasteiger partial charge in [0.25, 0.3) is 0 Å². The summed E-state index contributed by atoms with van der Waals surface area (Å²) in [4.78, 5) is 24.3. The smallest absolute Gasteiger partial charge is 0.333 e. The Balaban J connectivity index is 2.41. The molecule has 0 aliphatic carbocycles. The van der Waals surface area contributed by atoms with Crippen molar-refractivity contribution < 1.29 is 38.7 Å². The normalized spacial score (nSPS) is 40.1. The number of methoxy groups -OCH3 is 1. The van der Waals surface area contributed by atoms with Crippen LogP contribution in [0.25, 0.3) is 0 Å². The van der Waals surface area contributed by atoms with E-state index in [2.05, 4.69) is 6.58 Å². The van der Waals surface area contributed by atoms with Crippen LogP contribution in [0.4, 0.5) is 0 Å². The number of hydrogen-bond acceptors (Lipinski definition) is 8. The number of carbonyl (C=O) groups excluding carboxylic acids is 2. The van der Waals surface area contributed by atoms with Crippen LogP contribution in [-0.4, -0.2) is 71.0 Å². The third kappa shape index (κ3) is 6.78.